The number of carbonyl (C=O) groups is 5. The zero-order chi connectivity index (χ0) is 22.6. The van der Waals surface area contributed by atoms with Crippen molar-refractivity contribution in [2.24, 2.45) is 27.9 Å². The van der Waals surface area contributed by atoms with E-state index in [4.69, 9.17) is 22.9 Å². The minimum Gasteiger partial charge on any atom is -0.480 e. The number of carbonyl (C=O) groups excluding carboxylic acids is 4. The van der Waals surface area contributed by atoms with Crippen LogP contribution >= 0.6 is 0 Å². The van der Waals surface area contributed by atoms with Gasteiger partial charge in [-0.15, -0.1) is 0 Å². The van der Waals surface area contributed by atoms with Gasteiger partial charge >= 0.3 is 5.97 Å². The molecule has 0 spiro atoms. The van der Waals surface area contributed by atoms with Gasteiger partial charge in [-0.25, -0.2) is 4.79 Å². The number of aliphatic imine (C=N–C) groups is 1. The molecule has 3 atom stereocenters. The molecule has 0 aromatic carbocycles. The monoisotopic (exact) mass is 416 g/mol. The second kappa shape index (κ2) is 12.9. The SMILES string of the molecule is CC(NC(=O)CN)C(=O)NC(CC(N)=O)C(=O)NC(CCCN=C(N)N)C(=O)O. The Balaban J connectivity index is 5.04. The summed E-state index contributed by atoms with van der Waals surface area (Å²) in [6.45, 7) is 1.15. The van der Waals surface area contributed by atoms with Gasteiger partial charge < -0.3 is 44.0 Å². The van der Waals surface area contributed by atoms with Crippen LogP contribution < -0.4 is 38.9 Å². The van der Waals surface area contributed by atoms with E-state index in [1.54, 1.807) is 0 Å². The third kappa shape index (κ3) is 11.1. The van der Waals surface area contributed by atoms with Gasteiger partial charge in [-0.1, -0.05) is 0 Å². The van der Waals surface area contributed by atoms with E-state index in [-0.39, 0.29) is 31.9 Å². The molecule has 29 heavy (non-hydrogen) atoms. The summed E-state index contributed by atoms with van der Waals surface area (Å²) in [4.78, 5) is 62.1. The number of rotatable bonds is 13. The third-order valence-corrected chi connectivity index (χ3v) is 3.55. The quantitative estimate of drug-likeness (QED) is 0.0814. The molecule has 0 aliphatic heterocycles. The fraction of sp³-hybridized carbons (Fsp3) is 0.600. The molecule has 0 heterocycles. The highest BCUT2D eigenvalue weighted by molar-refractivity contribution is 5.95. The number of nitrogens with zero attached hydrogens (tertiary/aromatic N) is 1. The minimum absolute atomic E-state index is 0.00193. The number of amides is 4. The van der Waals surface area contributed by atoms with Gasteiger partial charge in [0.2, 0.25) is 23.6 Å². The highest BCUT2D eigenvalue weighted by Gasteiger charge is 2.29. The Morgan fingerprint density at radius 1 is 0.966 bits per heavy atom. The maximum Gasteiger partial charge on any atom is 0.326 e. The van der Waals surface area contributed by atoms with Gasteiger partial charge in [0.25, 0.3) is 0 Å². The van der Waals surface area contributed by atoms with E-state index < -0.39 is 54.1 Å². The van der Waals surface area contributed by atoms with Gasteiger partial charge in [0, 0.05) is 6.54 Å². The van der Waals surface area contributed by atoms with Crippen LogP contribution in [-0.4, -0.2) is 71.9 Å². The normalized spacial score (nSPS) is 13.3. The molecular formula is C15H28N8O6. The summed E-state index contributed by atoms with van der Waals surface area (Å²) in [5.41, 5.74) is 20.6. The van der Waals surface area contributed by atoms with Crippen molar-refractivity contribution in [2.45, 2.75) is 44.3 Å². The Hall–Kier alpha value is -3.42. The lowest BCUT2D eigenvalue weighted by Crippen LogP contribution is -2.56. The van der Waals surface area contributed by atoms with Crippen LogP contribution in [0.4, 0.5) is 0 Å². The standard InChI is InChI=1S/C15H28N8O6/c1-7(21-11(25)6-16)12(26)23-9(5-10(17)24)13(27)22-8(14(28)29)3-2-4-20-15(18)19/h7-9H,2-6,16H2,1H3,(H2,17,24)(H,21,25)(H,22,27)(H,23,26)(H,28,29)(H4,18,19,20). The second-order valence-corrected chi connectivity index (χ2v) is 6.07. The number of aliphatic carboxylic acids is 1. The first-order valence-corrected chi connectivity index (χ1v) is 8.64. The number of carboxylic acid groups (broad SMARTS) is 1. The van der Waals surface area contributed by atoms with Crippen molar-refractivity contribution in [3.05, 3.63) is 0 Å². The fourth-order valence-electron chi connectivity index (χ4n) is 2.11. The zero-order valence-electron chi connectivity index (χ0n) is 16.0. The van der Waals surface area contributed by atoms with E-state index in [9.17, 15) is 29.1 Å². The largest absolute Gasteiger partial charge is 0.480 e. The summed E-state index contributed by atoms with van der Waals surface area (Å²) in [5, 5.41) is 16.0. The smallest absolute Gasteiger partial charge is 0.326 e. The Labute approximate surface area is 166 Å². The second-order valence-electron chi connectivity index (χ2n) is 6.07. The topological polar surface area (TPSA) is 258 Å². The Kier molecular flexibility index (Phi) is 11.4. The Morgan fingerprint density at radius 3 is 2.03 bits per heavy atom. The molecule has 0 saturated carbocycles. The molecule has 164 valence electrons. The molecule has 0 fully saturated rings. The van der Waals surface area contributed by atoms with Gasteiger partial charge in [-0.3, -0.25) is 24.2 Å². The summed E-state index contributed by atoms with van der Waals surface area (Å²) in [6, 6.07) is -3.79. The van der Waals surface area contributed by atoms with Crippen LogP contribution in [0.5, 0.6) is 0 Å². The first-order chi connectivity index (χ1) is 13.5. The van der Waals surface area contributed by atoms with Crippen LogP contribution in [0.15, 0.2) is 4.99 Å². The molecular weight excluding hydrogens is 388 g/mol. The maximum absolute atomic E-state index is 12.4. The maximum atomic E-state index is 12.4. The lowest BCUT2D eigenvalue weighted by molar-refractivity contribution is -0.142. The van der Waals surface area contributed by atoms with Crippen molar-refractivity contribution in [2.75, 3.05) is 13.1 Å². The molecule has 0 radical (unpaired) electrons. The van der Waals surface area contributed by atoms with Crippen LogP contribution in [0.25, 0.3) is 0 Å². The summed E-state index contributed by atoms with van der Waals surface area (Å²) < 4.78 is 0. The summed E-state index contributed by atoms with van der Waals surface area (Å²) >= 11 is 0. The van der Waals surface area contributed by atoms with E-state index in [0.717, 1.165) is 0 Å². The van der Waals surface area contributed by atoms with Crippen LogP contribution in [-0.2, 0) is 24.0 Å². The number of primary amides is 1. The van der Waals surface area contributed by atoms with Crippen LogP contribution in [0.3, 0.4) is 0 Å². The van der Waals surface area contributed by atoms with Crippen molar-refractivity contribution in [1.82, 2.24) is 16.0 Å². The first-order valence-electron chi connectivity index (χ1n) is 8.64. The van der Waals surface area contributed by atoms with Crippen molar-refractivity contribution in [3.63, 3.8) is 0 Å². The molecule has 0 aliphatic carbocycles. The summed E-state index contributed by atoms with van der Waals surface area (Å²) in [5.74, 6) is -4.69. The van der Waals surface area contributed by atoms with Gasteiger partial charge in [-0.05, 0) is 19.8 Å². The predicted molar refractivity (Wildman–Crippen MR) is 102 cm³/mol. The lowest BCUT2D eigenvalue weighted by atomic mass is 10.1. The number of nitrogens with one attached hydrogen (secondary N) is 3. The molecule has 0 bridgehead atoms. The molecule has 14 heteroatoms. The van der Waals surface area contributed by atoms with Crippen molar-refractivity contribution in [3.8, 4) is 0 Å². The van der Waals surface area contributed by atoms with Crippen molar-refractivity contribution < 1.29 is 29.1 Å². The summed E-state index contributed by atoms with van der Waals surface area (Å²) in [6.07, 6.45) is -0.322. The van der Waals surface area contributed by atoms with E-state index in [0.29, 0.717) is 0 Å². The Morgan fingerprint density at radius 2 is 1.55 bits per heavy atom. The van der Waals surface area contributed by atoms with Gasteiger partial charge in [-0.2, -0.15) is 0 Å². The van der Waals surface area contributed by atoms with Crippen molar-refractivity contribution >= 4 is 35.6 Å². The average molecular weight is 416 g/mol. The van der Waals surface area contributed by atoms with Gasteiger partial charge in [0.15, 0.2) is 5.96 Å². The molecule has 0 aromatic rings. The fourth-order valence-corrected chi connectivity index (χ4v) is 2.11. The molecule has 14 nitrogen and oxygen atoms in total. The van der Waals surface area contributed by atoms with Gasteiger partial charge in [0.1, 0.15) is 18.1 Å². The number of nitrogens with two attached hydrogens (primary N) is 4. The molecule has 0 saturated heterocycles. The van der Waals surface area contributed by atoms with E-state index in [1.807, 2.05) is 0 Å². The highest BCUT2D eigenvalue weighted by Crippen LogP contribution is 2.02. The molecule has 3 unspecified atom stereocenters. The Bertz CT molecular complexity index is 649. The van der Waals surface area contributed by atoms with E-state index >= 15 is 0 Å². The molecule has 12 N–H and O–H groups in total. The average Bonchev–Trinajstić information content (AvgIpc) is 2.62. The third-order valence-electron chi connectivity index (χ3n) is 3.55. The molecule has 0 aliphatic rings. The minimum atomic E-state index is -1.43. The van der Waals surface area contributed by atoms with Crippen LogP contribution in [0, 0.1) is 0 Å². The van der Waals surface area contributed by atoms with Crippen molar-refractivity contribution in [1.29, 1.82) is 0 Å². The number of hydrogen-bond acceptors (Lipinski definition) is 7. The lowest BCUT2D eigenvalue weighted by Gasteiger charge is -2.22. The van der Waals surface area contributed by atoms with Crippen LogP contribution in [0.1, 0.15) is 26.2 Å². The number of guanidine groups is 1. The molecule has 4 amide bonds. The molecule has 0 aromatic heterocycles. The predicted octanol–water partition coefficient (Wildman–Crippen LogP) is -4.57. The molecule has 0 rings (SSSR count). The number of carboxylic acids is 1. The van der Waals surface area contributed by atoms with Gasteiger partial charge in [0.05, 0.1) is 13.0 Å². The van der Waals surface area contributed by atoms with Crippen LogP contribution in [0.2, 0.25) is 0 Å². The van der Waals surface area contributed by atoms with E-state index in [2.05, 4.69) is 20.9 Å². The first kappa shape index (κ1) is 25.6. The highest BCUT2D eigenvalue weighted by atomic mass is 16.4. The number of hydrogen-bond donors (Lipinski definition) is 8. The van der Waals surface area contributed by atoms with E-state index in [1.165, 1.54) is 6.92 Å². The zero-order valence-corrected chi connectivity index (χ0v) is 16.0. The summed E-state index contributed by atoms with van der Waals surface area (Å²) in [7, 11) is 0.